The summed E-state index contributed by atoms with van der Waals surface area (Å²) >= 11 is 6.69. The van der Waals surface area contributed by atoms with Gasteiger partial charge in [-0.3, -0.25) is 4.79 Å². The first kappa shape index (κ1) is 26.6. The number of carbonyl (C=O) groups is 1. The monoisotopic (exact) mass is 538 g/mol. The van der Waals surface area contributed by atoms with Crippen molar-refractivity contribution in [2.45, 2.75) is 25.8 Å². The molecule has 5 rings (SSSR count). The molecule has 0 saturated carbocycles. The minimum atomic E-state index is 0.218. The van der Waals surface area contributed by atoms with Crippen LogP contribution in [0.3, 0.4) is 0 Å². The number of hydrogen-bond donors (Lipinski definition) is 1. The third kappa shape index (κ3) is 6.53. The Kier molecular flexibility index (Phi) is 8.35. The van der Waals surface area contributed by atoms with E-state index in [9.17, 15) is 4.79 Å². The zero-order chi connectivity index (χ0) is 27.2. The van der Waals surface area contributed by atoms with E-state index in [1.807, 2.05) is 68.7 Å². The predicted molar refractivity (Wildman–Crippen MR) is 157 cm³/mol. The quantitative estimate of drug-likeness (QED) is 0.204. The molecule has 7 heteroatoms. The van der Waals surface area contributed by atoms with Crippen LogP contribution in [0.4, 0.5) is 5.82 Å². The number of nitrogens with one attached hydrogen (secondary N) is 1. The van der Waals surface area contributed by atoms with Crippen LogP contribution < -0.4 is 5.32 Å². The highest BCUT2D eigenvalue weighted by molar-refractivity contribution is 6.38. The van der Waals surface area contributed by atoms with Crippen molar-refractivity contribution in [3.05, 3.63) is 112 Å². The van der Waals surface area contributed by atoms with Crippen molar-refractivity contribution >= 4 is 34.3 Å². The van der Waals surface area contributed by atoms with Crippen molar-refractivity contribution in [3.8, 4) is 11.3 Å². The van der Waals surface area contributed by atoms with Gasteiger partial charge in [0.1, 0.15) is 28.3 Å². The van der Waals surface area contributed by atoms with Gasteiger partial charge in [-0.25, -0.2) is 9.97 Å². The largest absolute Gasteiger partial charge is 0.436 e. The van der Waals surface area contributed by atoms with Crippen LogP contribution in [-0.2, 0) is 30.6 Å². The summed E-state index contributed by atoms with van der Waals surface area (Å²) in [6.45, 7) is 1.49. The van der Waals surface area contributed by atoms with Gasteiger partial charge in [0.05, 0.1) is 0 Å². The molecule has 0 saturated heterocycles. The predicted octanol–water partition coefficient (Wildman–Crippen LogP) is 6.61. The van der Waals surface area contributed by atoms with Crippen LogP contribution in [-0.4, -0.2) is 41.3 Å². The average molecular weight is 539 g/mol. The van der Waals surface area contributed by atoms with Gasteiger partial charge in [-0.05, 0) is 42.8 Å². The molecule has 39 heavy (non-hydrogen) atoms. The molecule has 198 valence electrons. The maximum absolute atomic E-state index is 12.8. The molecule has 0 aliphatic carbocycles. The number of halogens is 1. The van der Waals surface area contributed by atoms with E-state index in [4.69, 9.17) is 16.0 Å². The maximum atomic E-state index is 12.8. The van der Waals surface area contributed by atoms with Gasteiger partial charge in [-0.1, -0.05) is 90.5 Å². The summed E-state index contributed by atoms with van der Waals surface area (Å²) < 4.78 is 5.94. The molecule has 2 aromatic heterocycles. The zero-order valence-electron chi connectivity index (χ0n) is 22.2. The molecule has 0 spiro atoms. The molecule has 2 heterocycles. The van der Waals surface area contributed by atoms with Gasteiger partial charge in [0.25, 0.3) is 0 Å². The molecule has 5 aromatic rings. The second-order valence-electron chi connectivity index (χ2n) is 9.91. The highest BCUT2D eigenvalue weighted by Gasteiger charge is 2.19. The van der Waals surface area contributed by atoms with Crippen molar-refractivity contribution in [3.63, 3.8) is 0 Å². The standard InChI is InChI=1S/C32H31ClN4O2/c1-37(2)20-26-11-7-6-10-25(26)19-27(38)18-23-14-12-22(13-15-23)16-17-34-31-28-29(33)30(24-8-4-3-5-9-24)39-32(28)36-21-35-31/h3-15,21H,16-20H2,1-2H3,(H,34,35,36). The average Bonchev–Trinajstić information content (AvgIpc) is 3.28. The normalized spacial score (nSPS) is 11.3. The molecular weight excluding hydrogens is 508 g/mol. The summed E-state index contributed by atoms with van der Waals surface area (Å²) in [6, 6.07) is 26.2. The van der Waals surface area contributed by atoms with E-state index in [0.717, 1.165) is 29.7 Å². The first-order valence-corrected chi connectivity index (χ1v) is 13.4. The number of hydrogen-bond acceptors (Lipinski definition) is 6. The van der Waals surface area contributed by atoms with E-state index >= 15 is 0 Å². The Hall–Kier alpha value is -4.00. The summed E-state index contributed by atoms with van der Waals surface area (Å²) in [5, 5.41) is 4.56. The molecule has 0 bridgehead atoms. The van der Waals surface area contributed by atoms with Gasteiger partial charge in [0, 0.05) is 31.5 Å². The van der Waals surface area contributed by atoms with E-state index in [1.165, 1.54) is 17.5 Å². The molecule has 0 amide bonds. The van der Waals surface area contributed by atoms with Gasteiger partial charge < -0.3 is 14.6 Å². The summed E-state index contributed by atoms with van der Waals surface area (Å²) in [6.07, 6.45) is 3.14. The first-order chi connectivity index (χ1) is 19.0. The van der Waals surface area contributed by atoms with Gasteiger partial charge in [-0.2, -0.15) is 0 Å². The highest BCUT2D eigenvalue weighted by atomic mass is 35.5. The van der Waals surface area contributed by atoms with Crippen LogP contribution in [0.1, 0.15) is 22.3 Å². The number of Topliss-reactive ketones (excluding diaryl/α,β-unsaturated/α-hetero) is 1. The number of benzene rings is 3. The number of aromatic nitrogens is 2. The van der Waals surface area contributed by atoms with Gasteiger partial charge >= 0.3 is 0 Å². The number of fused-ring (bicyclic) bond motifs is 1. The molecule has 0 fully saturated rings. The van der Waals surface area contributed by atoms with Crippen LogP contribution in [0.5, 0.6) is 0 Å². The second-order valence-corrected chi connectivity index (χ2v) is 10.3. The Balaban J connectivity index is 1.18. The van der Waals surface area contributed by atoms with Crippen LogP contribution in [0.2, 0.25) is 5.02 Å². The van der Waals surface area contributed by atoms with E-state index in [2.05, 4.69) is 44.5 Å². The smallest absolute Gasteiger partial charge is 0.233 e. The van der Waals surface area contributed by atoms with Crippen molar-refractivity contribution in [1.82, 2.24) is 14.9 Å². The lowest BCUT2D eigenvalue weighted by atomic mass is 9.98. The molecule has 0 aliphatic heterocycles. The maximum Gasteiger partial charge on any atom is 0.233 e. The van der Waals surface area contributed by atoms with Gasteiger partial charge in [0.15, 0.2) is 5.76 Å². The molecule has 0 radical (unpaired) electrons. The van der Waals surface area contributed by atoms with Crippen LogP contribution >= 0.6 is 11.6 Å². The second kappa shape index (κ2) is 12.2. The Labute approximate surface area is 233 Å². The minimum absolute atomic E-state index is 0.218. The van der Waals surface area contributed by atoms with Crippen molar-refractivity contribution in [2.75, 3.05) is 26.0 Å². The lowest BCUT2D eigenvalue weighted by Crippen LogP contribution is -2.14. The third-order valence-corrected chi connectivity index (χ3v) is 6.95. The fourth-order valence-electron chi connectivity index (χ4n) is 4.69. The Morgan fingerprint density at radius 3 is 2.31 bits per heavy atom. The topological polar surface area (TPSA) is 71.3 Å². The lowest BCUT2D eigenvalue weighted by molar-refractivity contribution is -0.117. The summed E-state index contributed by atoms with van der Waals surface area (Å²) in [7, 11) is 4.08. The third-order valence-electron chi connectivity index (χ3n) is 6.59. The number of nitrogens with zero attached hydrogens (tertiary/aromatic N) is 3. The number of ketones is 1. The van der Waals surface area contributed by atoms with Gasteiger partial charge in [-0.15, -0.1) is 0 Å². The molecule has 6 nitrogen and oxygen atoms in total. The van der Waals surface area contributed by atoms with Crippen LogP contribution in [0, 0.1) is 0 Å². The van der Waals surface area contributed by atoms with Crippen LogP contribution in [0.15, 0.2) is 89.6 Å². The summed E-state index contributed by atoms with van der Waals surface area (Å²) in [4.78, 5) is 23.6. The fraction of sp³-hybridized carbons (Fsp3) is 0.219. The molecule has 0 aliphatic rings. The molecule has 0 unspecified atom stereocenters. The van der Waals surface area contributed by atoms with Crippen molar-refractivity contribution in [2.24, 2.45) is 0 Å². The Morgan fingerprint density at radius 2 is 1.56 bits per heavy atom. The minimum Gasteiger partial charge on any atom is -0.436 e. The van der Waals surface area contributed by atoms with E-state index < -0.39 is 0 Å². The zero-order valence-corrected chi connectivity index (χ0v) is 22.9. The van der Waals surface area contributed by atoms with Crippen molar-refractivity contribution < 1.29 is 9.21 Å². The number of rotatable bonds is 11. The fourth-order valence-corrected chi connectivity index (χ4v) is 5.00. The number of anilines is 1. The lowest BCUT2D eigenvalue weighted by Gasteiger charge is -2.14. The summed E-state index contributed by atoms with van der Waals surface area (Å²) in [5.74, 6) is 1.45. The SMILES string of the molecule is CN(C)Cc1ccccc1CC(=O)Cc1ccc(CCNc2ncnc3oc(-c4ccccc4)c(Cl)c23)cc1. The number of furan rings is 1. The van der Waals surface area contributed by atoms with Crippen molar-refractivity contribution in [1.29, 1.82) is 0 Å². The molecule has 0 atom stereocenters. The molecular formula is C32H31ClN4O2. The van der Waals surface area contributed by atoms with Crippen LogP contribution in [0.25, 0.3) is 22.4 Å². The molecule has 1 N–H and O–H groups in total. The van der Waals surface area contributed by atoms with Gasteiger partial charge in [0.2, 0.25) is 5.71 Å². The first-order valence-electron chi connectivity index (χ1n) is 13.0. The Bertz CT molecular complexity index is 1560. The van der Waals surface area contributed by atoms with E-state index in [0.29, 0.717) is 47.1 Å². The molecule has 3 aromatic carbocycles. The summed E-state index contributed by atoms with van der Waals surface area (Å²) in [5.41, 5.74) is 5.85. The highest BCUT2D eigenvalue weighted by Crippen LogP contribution is 2.39. The van der Waals surface area contributed by atoms with E-state index in [1.54, 1.807) is 0 Å². The van der Waals surface area contributed by atoms with E-state index in [-0.39, 0.29) is 5.78 Å². The Morgan fingerprint density at radius 1 is 0.872 bits per heavy atom. The number of carbonyl (C=O) groups excluding carboxylic acids is 1.